The van der Waals surface area contributed by atoms with Crippen LogP contribution in [0.5, 0.6) is 0 Å². The van der Waals surface area contributed by atoms with Gasteiger partial charge >= 0.3 is 0 Å². The van der Waals surface area contributed by atoms with Gasteiger partial charge in [0.15, 0.2) is 0 Å². The van der Waals surface area contributed by atoms with Crippen molar-refractivity contribution in [3.63, 3.8) is 0 Å². The van der Waals surface area contributed by atoms with Crippen molar-refractivity contribution >= 4 is 39.1 Å². The minimum absolute atomic E-state index is 0.144. The van der Waals surface area contributed by atoms with Crippen LogP contribution in [0, 0.1) is 0 Å². The second kappa shape index (κ2) is 6.76. The summed E-state index contributed by atoms with van der Waals surface area (Å²) in [5.74, 6) is 0. The molecule has 0 saturated heterocycles. The molecule has 0 bridgehead atoms. The van der Waals surface area contributed by atoms with E-state index in [0.717, 1.165) is 16.6 Å². The zero-order valence-corrected chi connectivity index (χ0v) is 13.6. The normalized spacial score (nSPS) is 12.4. The molecule has 2 aromatic carbocycles. The molecular formula is C15H14BrCl2N. The molecule has 0 aromatic heterocycles. The average Bonchev–Trinajstić information content (AvgIpc) is 2.39. The summed E-state index contributed by atoms with van der Waals surface area (Å²) in [5.41, 5.74) is 2.24. The van der Waals surface area contributed by atoms with E-state index in [0.29, 0.717) is 10.0 Å². The van der Waals surface area contributed by atoms with E-state index >= 15 is 0 Å². The molecule has 100 valence electrons. The Balaban J connectivity index is 2.05. The van der Waals surface area contributed by atoms with E-state index in [2.05, 4.69) is 40.3 Å². The van der Waals surface area contributed by atoms with Gasteiger partial charge in [-0.15, -0.1) is 0 Å². The van der Waals surface area contributed by atoms with Gasteiger partial charge in [-0.25, -0.2) is 0 Å². The zero-order chi connectivity index (χ0) is 13.8. The van der Waals surface area contributed by atoms with E-state index in [9.17, 15) is 0 Å². The highest BCUT2D eigenvalue weighted by Gasteiger charge is 2.11. The molecular weight excluding hydrogens is 345 g/mol. The van der Waals surface area contributed by atoms with Gasteiger partial charge in [0.25, 0.3) is 0 Å². The van der Waals surface area contributed by atoms with Gasteiger partial charge in [-0.2, -0.15) is 0 Å². The lowest BCUT2D eigenvalue weighted by molar-refractivity contribution is 0.575. The number of rotatable bonds is 4. The molecule has 0 heterocycles. The van der Waals surface area contributed by atoms with Gasteiger partial charge in [-0.05, 0) is 36.2 Å². The summed E-state index contributed by atoms with van der Waals surface area (Å²) in [6.45, 7) is 2.86. The van der Waals surface area contributed by atoms with Crippen molar-refractivity contribution in [1.29, 1.82) is 0 Å². The molecule has 0 aliphatic carbocycles. The minimum Gasteiger partial charge on any atom is -0.306 e. The topological polar surface area (TPSA) is 12.0 Å². The van der Waals surface area contributed by atoms with Crippen LogP contribution in [0.1, 0.15) is 24.1 Å². The molecule has 2 aromatic rings. The Morgan fingerprint density at radius 1 is 1.16 bits per heavy atom. The summed E-state index contributed by atoms with van der Waals surface area (Å²) in [6, 6.07) is 14.1. The summed E-state index contributed by atoms with van der Waals surface area (Å²) < 4.78 is 1.08. The maximum Gasteiger partial charge on any atom is 0.0639 e. The Labute approximate surface area is 132 Å². The quantitative estimate of drug-likeness (QED) is 0.749. The minimum atomic E-state index is 0.144. The molecule has 0 amide bonds. The third-order valence-corrected chi connectivity index (χ3v) is 4.28. The van der Waals surface area contributed by atoms with E-state index in [-0.39, 0.29) is 6.04 Å². The van der Waals surface area contributed by atoms with Crippen molar-refractivity contribution in [2.75, 3.05) is 0 Å². The molecule has 0 fully saturated rings. The van der Waals surface area contributed by atoms with Gasteiger partial charge in [0.1, 0.15) is 0 Å². The van der Waals surface area contributed by atoms with Crippen molar-refractivity contribution in [2.45, 2.75) is 19.5 Å². The Hall–Kier alpha value is -0.540. The van der Waals surface area contributed by atoms with E-state index in [4.69, 9.17) is 23.2 Å². The molecule has 1 atom stereocenters. The second-order valence-corrected chi connectivity index (χ2v) is 6.08. The Morgan fingerprint density at radius 2 is 1.89 bits per heavy atom. The SMILES string of the molecule is CC(NCc1cccc(Br)c1)c1cccc(Cl)c1Cl. The summed E-state index contributed by atoms with van der Waals surface area (Å²) in [6.07, 6.45) is 0. The first-order valence-electron chi connectivity index (χ1n) is 5.99. The average molecular weight is 359 g/mol. The fourth-order valence-corrected chi connectivity index (χ4v) is 2.80. The maximum absolute atomic E-state index is 6.22. The van der Waals surface area contributed by atoms with Crippen molar-refractivity contribution in [3.05, 3.63) is 68.1 Å². The Bertz CT molecular complexity index is 572. The number of hydrogen-bond acceptors (Lipinski definition) is 1. The van der Waals surface area contributed by atoms with Gasteiger partial charge < -0.3 is 5.32 Å². The molecule has 0 radical (unpaired) electrons. The smallest absolute Gasteiger partial charge is 0.0639 e. The van der Waals surface area contributed by atoms with Crippen LogP contribution in [-0.2, 0) is 6.54 Å². The first-order valence-corrected chi connectivity index (χ1v) is 7.54. The predicted molar refractivity (Wildman–Crippen MR) is 85.9 cm³/mol. The lowest BCUT2D eigenvalue weighted by Gasteiger charge is -2.16. The summed E-state index contributed by atoms with van der Waals surface area (Å²) >= 11 is 15.7. The highest BCUT2D eigenvalue weighted by Crippen LogP contribution is 2.29. The third-order valence-electron chi connectivity index (χ3n) is 2.95. The number of hydrogen-bond donors (Lipinski definition) is 1. The first kappa shape index (κ1) is 14.9. The van der Waals surface area contributed by atoms with Gasteiger partial charge in [-0.1, -0.05) is 63.4 Å². The summed E-state index contributed by atoms with van der Waals surface area (Å²) in [4.78, 5) is 0. The van der Waals surface area contributed by atoms with Crippen LogP contribution in [-0.4, -0.2) is 0 Å². The predicted octanol–water partition coefficient (Wildman–Crippen LogP) is 5.61. The highest BCUT2D eigenvalue weighted by atomic mass is 79.9. The molecule has 1 nitrogen and oxygen atoms in total. The van der Waals surface area contributed by atoms with Crippen LogP contribution in [0.2, 0.25) is 10.0 Å². The van der Waals surface area contributed by atoms with Crippen LogP contribution < -0.4 is 5.32 Å². The Morgan fingerprint density at radius 3 is 2.63 bits per heavy atom. The van der Waals surface area contributed by atoms with Crippen molar-refractivity contribution < 1.29 is 0 Å². The fourth-order valence-electron chi connectivity index (χ4n) is 1.88. The molecule has 0 saturated carbocycles. The van der Waals surface area contributed by atoms with Crippen molar-refractivity contribution in [2.24, 2.45) is 0 Å². The van der Waals surface area contributed by atoms with Gasteiger partial charge in [-0.3, -0.25) is 0 Å². The highest BCUT2D eigenvalue weighted by molar-refractivity contribution is 9.10. The molecule has 4 heteroatoms. The fraction of sp³-hybridized carbons (Fsp3) is 0.200. The molecule has 1 N–H and O–H groups in total. The lowest BCUT2D eigenvalue weighted by Crippen LogP contribution is -2.18. The number of nitrogens with one attached hydrogen (secondary N) is 1. The van der Waals surface area contributed by atoms with Crippen LogP contribution in [0.15, 0.2) is 46.9 Å². The van der Waals surface area contributed by atoms with Crippen LogP contribution in [0.3, 0.4) is 0 Å². The molecule has 2 rings (SSSR count). The van der Waals surface area contributed by atoms with Crippen LogP contribution in [0.25, 0.3) is 0 Å². The van der Waals surface area contributed by atoms with Crippen LogP contribution in [0.4, 0.5) is 0 Å². The molecule has 0 aliphatic rings. The second-order valence-electron chi connectivity index (χ2n) is 4.38. The molecule has 1 unspecified atom stereocenters. The third kappa shape index (κ3) is 3.96. The maximum atomic E-state index is 6.22. The molecule has 0 spiro atoms. The lowest BCUT2D eigenvalue weighted by atomic mass is 10.1. The van der Waals surface area contributed by atoms with E-state index < -0.39 is 0 Å². The van der Waals surface area contributed by atoms with Crippen LogP contribution >= 0.6 is 39.1 Å². The van der Waals surface area contributed by atoms with Crippen molar-refractivity contribution in [3.8, 4) is 0 Å². The number of benzene rings is 2. The van der Waals surface area contributed by atoms with Crippen molar-refractivity contribution in [1.82, 2.24) is 5.32 Å². The monoisotopic (exact) mass is 357 g/mol. The molecule has 19 heavy (non-hydrogen) atoms. The summed E-state index contributed by atoms with van der Waals surface area (Å²) in [5, 5.41) is 4.66. The number of halogens is 3. The summed E-state index contributed by atoms with van der Waals surface area (Å²) in [7, 11) is 0. The Kier molecular flexibility index (Phi) is 5.28. The zero-order valence-electron chi connectivity index (χ0n) is 10.5. The largest absolute Gasteiger partial charge is 0.306 e. The van der Waals surface area contributed by atoms with Gasteiger partial charge in [0.2, 0.25) is 0 Å². The van der Waals surface area contributed by atoms with E-state index in [1.165, 1.54) is 5.56 Å². The van der Waals surface area contributed by atoms with Gasteiger partial charge in [0, 0.05) is 17.1 Å². The first-order chi connectivity index (χ1) is 9.08. The standard InChI is InChI=1S/C15H14BrCl2N/c1-10(13-6-3-7-14(17)15(13)18)19-9-11-4-2-5-12(16)8-11/h2-8,10,19H,9H2,1H3. The molecule has 0 aliphatic heterocycles. The van der Waals surface area contributed by atoms with Gasteiger partial charge in [0.05, 0.1) is 10.0 Å². The van der Waals surface area contributed by atoms with E-state index in [1.807, 2.05) is 24.3 Å². The van der Waals surface area contributed by atoms with E-state index in [1.54, 1.807) is 6.07 Å².